The molecule has 0 radical (unpaired) electrons. The summed E-state index contributed by atoms with van der Waals surface area (Å²) in [7, 11) is 0. The molecule has 0 saturated carbocycles. The van der Waals surface area contributed by atoms with Gasteiger partial charge < -0.3 is 10.8 Å². The molecule has 0 aliphatic rings. The Bertz CT molecular complexity index is 361. The topological polar surface area (TPSA) is 46.2 Å². The second-order valence-corrected chi connectivity index (χ2v) is 3.93. The van der Waals surface area contributed by atoms with Gasteiger partial charge in [-0.15, -0.1) is 12.4 Å². The Balaban J connectivity index is 0.00000256. The van der Waals surface area contributed by atoms with Gasteiger partial charge in [-0.1, -0.05) is 29.3 Å². The molecule has 0 unspecified atom stereocenters. The molecule has 17 heavy (non-hydrogen) atoms. The molecule has 98 valence electrons. The van der Waals surface area contributed by atoms with Crippen molar-refractivity contribution in [3.8, 4) is 0 Å². The van der Waals surface area contributed by atoms with Gasteiger partial charge in [-0.2, -0.15) is 13.2 Å². The summed E-state index contributed by atoms with van der Waals surface area (Å²) in [4.78, 5) is 0. The first-order valence-corrected chi connectivity index (χ1v) is 4.80. The highest BCUT2D eigenvalue weighted by molar-refractivity contribution is 5.85. The molecule has 1 aromatic carbocycles. The van der Waals surface area contributed by atoms with Gasteiger partial charge >= 0.3 is 6.18 Å². The van der Waals surface area contributed by atoms with Crippen LogP contribution in [-0.2, 0) is 0 Å². The molecule has 0 aliphatic carbocycles. The van der Waals surface area contributed by atoms with E-state index in [4.69, 9.17) is 10.8 Å². The van der Waals surface area contributed by atoms with E-state index in [9.17, 15) is 13.2 Å². The van der Waals surface area contributed by atoms with Gasteiger partial charge in [0.2, 0.25) is 0 Å². The van der Waals surface area contributed by atoms with Crippen LogP contribution in [0.3, 0.4) is 0 Å². The maximum atomic E-state index is 12.3. The Morgan fingerprint density at radius 1 is 1.12 bits per heavy atom. The van der Waals surface area contributed by atoms with E-state index >= 15 is 0 Å². The minimum absolute atomic E-state index is 0. The van der Waals surface area contributed by atoms with Crippen molar-refractivity contribution in [2.45, 2.75) is 32.2 Å². The van der Waals surface area contributed by atoms with Crippen molar-refractivity contribution >= 4 is 12.4 Å². The molecule has 2 nitrogen and oxygen atoms in total. The maximum Gasteiger partial charge on any atom is 0.416 e. The molecule has 0 amide bonds. The highest BCUT2D eigenvalue weighted by Gasteiger charge is 2.42. The molecule has 3 N–H and O–H groups in total. The number of aliphatic hydroxyl groups excluding tert-OH is 1. The van der Waals surface area contributed by atoms with Gasteiger partial charge in [0.1, 0.15) is 0 Å². The van der Waals surface area contributed by atoms with Gasteiger partial charge in [0, 0.05) is 0 Å². The quantitative estimate of drug-likeness (QED) is 0.867. The van der Waals surface area contributed by atoms with Gasteiger partial charge in [0.15, 0.2) is 6.10 Å². The first kappa shape index (κ1) is 16.2. The number of aliphatic hydroxyl groups is 1. The SMILES string of the molecule is Cc1cc(C)cc([C@H](N)[C@H](O)C(F)(F)F)c1.Cl. The molecule has 2 atom stereocenters. The van der Waals surface area contributed by atoms with Crippen LogP contribution in [0.15, 0.2) is 18.2 Å². The van der Waals surface area contributed by atoms with Crippen molar-refractivity contribution in [1.29, 1.82) is 0 Å². The summed E-state index contributed by atoms with van der Waals surface area (Å²) in [5, 5.41) is 9.04. The number of alkyl halides is 3. The predicted octanol–water partition coefficient (Wildman–Crippen LogP) is 2.65. The fourth-order valence-electron chi connectivity index (χ4n) is 1.59. The third kappa shape index (κ3) is 4.18. The molecular weight excluding hydrogens is 255 g/mol. The first-order valence-electron chi connectivity index (χ1n) is 4.80. The van der Waals surface area contributed by atoms with E-state index < -0.39 is 18.3 Å². The van der Waals surface area contributed by atoms with E-state index in [1.165, 1.54) is 0 Å². The number of nitrogens with two attached hydrogens (primary N) is 1. The van der Waals surface area contributed by atoms with Crippen molar-refractivity contribution in [2.75, 3.05) is 0 Å². The average molecular weight is 270 g/mol. The molecule has 6 heteroatoms. The van der Waals surface area contributed by atoms with Crippen molar-refractivity contribution in [2.24, 2.45) is 5.73 Å². The highest BCUT2D eigenvalue weighted by atomic mass is 35.5. The molecule has 0 saturated heterocycles. The lowest BCUT2D eigenvalue weighted by Gasteiger charge is -2.22. The van der Waals surface area contributed by atoms with Crippen molar-refractivity contribution < 1.29 is 18.3 Å². The summed E-state index contributed by atoms with van der Waals surface area (Å²) in [6, 6.07) is 3.48. The molecule has 1 aromatic rings. The zero-order valence-corrected chi connectivity index (χ0v) is 10.3. The normalized spacial score (nSPS) is 15.0. The second kappa shape index (κ2) is 5.71. The van der Waals surface area contributed by atoms with Gasteiger partial charge in [-0.05, 0) is 19.4 Å². The summed E-state index contributed by atoms with van der Waals surface area (Å²) in [6.07, 6.45) is -7.23. The number of rotatable bonds is 2. The third-order valence-electron chi connectivity index (χ3n) is 2.30. The van der Waals surface area contributed by atoms with Crippen LogP contribution in [0, 0.1) is 13.8 Å². The van der Waals surface area contributed by atoms with Crippen LogP contribution < -0.4 is 5.73 Å². The highest BCUT2D eigenvalue weighted by Crippen LogP contribution is 2.29. The number of benzene rings is 1. The van der Waals surface area contributed by atoms with Crippen molar-refractivity contribution in [3.05, 3.63) is 34.9 Å². The van der Waals surface area contributed by atoms with E-state index in [-0.39, 0.29) is 12.4 Å². The minimum atomic E-state index is -4.70. The number of hydrogen-bond donors (Lipinski definition) is 2. The van der Waals surface area contributed by atoms with E-state index in [2.05, 4.69) is 0 Å². The molecule has 0 spiro atoms. The number of halogens is 4. The molecule has 0 bridgehead atoms. The standard InChI is InChI=1S/C11H14F3NO.ClH/c1-6-3-7(2)5-8(4-6)9(15)10(16)11(12,13)14;/h3-5,9-10,16H,15H2,1-2H3;1H/t9-,10-;/m0./s1. The van der Waals surface area contributed by atoms with Crippen LogP contribution in [0.2, 0.25) is 0 Å². The molecule has 0 aromatic heterocycles. The van der Waals surface area contributed by atoms with Crippen molar-refractivity contribution in [1.82, 2.24) is 0 Å². The second-order valence-electron chi connectivity index (χ2n) is 3.93. The Hall–Kier alpha value is -0.780. The first-order chi connectivity index (χ1) is 7.21. The van der Waals surface area contributed by atoms with Crippen LogP contribution in [0.1, 0.15) is 22.7 Å². The monoisotopic (exact) mass is 269 g/mol. The predicted molar refractivity (Wildman–Crippen MR) is 62.2 cm³/mol. The average Bonchev–Trinajstić information content (AvgIpc) is 2.12. The smallest absolute Gasteiger partial charge is 0.382 e. The van der Waals surface area contributed by atoms with E-state index in [0.29, 0.717) is 5.56 Å². The van der Waals surface area contributed by atoms with Gasteiger partial charge in [-0.3, -0.25) is 0 Å². The molecule has 0 heterocycles. The Morgan fingerprint density at radius 3 is 1.88 bits per heavy atom. The van der Waals surface area contributed by atoms with E-state index in [1.54, 1.807) is 26.0 Å². The Labute approximate surface area is 104 Å². The lowest BCUT2D eigenvalue weighted by atomic mass is 9.98. The maximum absolute atomic E-state index is 12.3. The van der Waals surface area contributed by atoms with Crippen LogP contribution in [0.4, 0.5) is 13.2 Å². The largest absolute Gasteiger partial charge is 0.416 e. The third-order valence-corrected chi connectivity index (χ3v) is 2.30. The number of aryl methyl sites for hydroxylation is 2. The van der Waals surface area contributed by atoms with E-state index in [0.717, 1.165) is 11.1 Å². The summed E-state index contributed by atoms with van der Waals surface area (Å²) < 4.78 is 36.8. The lowest BCUT2D eigenvalue weighted by molar-refractivity contribution is -0.210. The van der Waals surface area contributed by atoms with Crippen LogP contribution >= 0.6 is 12.4 Å². The zero-order chi connectivity index (χ0) is 12.5. The molecular formula is C11H15ClF3NO. The molecule has 1 rings (SSSR count). The fourth-order valence-corrected chi connectivity index (χ4v) is 1.59. The Kier molecular flexibility index (Phi) is 5.45. The summed E-state index contributed by atoms with van der Waals surface area (Å²) in [5.74, 6) is 0. The summed E-state index contributed by atoms with van der Waals surface area (Å²) in [5.41, 5.74) is 7.32. The van der Waals surface area contributed by atoms with Crippen LogP contribution in [0.25, 0.3) is 0 Å². The summed E-state index contributed by atoms with van der Waals surface area (Å²) >= 11 is 0. The van der Waals surface area contributed by atoms with Crippen molar-refractivity contribution in [3.63, 3.8) is 0 Å². The summed E-state index contributed by atoms with van der Waals surface area (Å²) in [6.45, 7) is 3.53. The zero-order valence-electron chi connectivity index (χ0n) is 9.45. The van der Waals surface area contributed by atoms with Crippen LogP contribution in [-0.4, -0.2) is 17.4 Å². The number of hydrogen-bond acceptors (Lipinski definition) is 2. The molecule has 0 fully saturated rings. The van der Waals surface area contributed by atoms with Gasteiger partial charge in [0.25, 0.3) is 0 Å². The Morgan fingerprint density at radius 2 is 1.53 bits per heavy atom. The van der Waals surface area contributed by atoms with Crippen LogP contribution in [0.5, 0.6) is 0 Å². The van der Waals surface area contributed by atoms with Gasteiger partial charge in [0.05, 0.1) is 6.04 Å². The van der Waals surface area contributed by atoms with Gasteiger partial charge in [-0.25, -0.2) is 0 Å². The lowest BCUT2D eigenvalue weighted by Crippen LogP contribution is -2.38. The van der Waals surface area contributed by atoms with E-state index in [1.807, 2.05) is 6.07 Å². The minimum Gasteiger partial charge on any atom is -0.382 e. The fraction of sp³-hybridized carbons (Fsp3) is 0.455. The molecule has 0 aliphatic heterocycles.